The highest BCUT2D eigenvalue weighted by molar-refractivity contribution is 7.89. The Bertz CT molecular complexity index is 910. The van der Waals surface area contributed by atoms with Gasteiger partial charge in [0.1, 0.15) is 0 Å². The quantitative estimate of drug-likeness (QED) is 0.605. The van der Waals surface area contributed by atoms with E-state index in [9.17, 15) is 8.42 Å². The van der Waals surface area contributed by atoms with Crippen molar-refractivity contribution in [2.75, 3.05) is 39.3 Å². The number of unbranched alkanes of at least 4 members (excludes halogenated alkanes) is 3. The number of rotatable bonds is 9. The molecule has 0 bridgehead atoms. The van der Waals surface area contributed by atoms with Gasteiger partial charge in [0.15, 0.2) is 0 Å². The average molecular weight is 421 g/mol. The Morgan fingerprint density at radius 2 is 2.00 bits per heavy atom. The number of pyridine rings is 1. The number of fused-ring (bicyclic) bond motifs is 1. The maximum absolute atomic E-state index is 13.4. The van der Waals surface area contributed by atoms with E-state index in [1.54, 1.807) is 22.6 Å². The molecule has 1 saturated heterocycles. The highest BCUT2D eigenvalue weighted by Gasteiger charge is 2.28. The summed E-state index contributed by atoms with van der Waals surface area (Å²) in [6, 6.07) is 5.36. The van der Waals surface area contributed by atoms with E-state index in [0.717, 1.165) is 56.1 Å². The number of hydrogen-bond donors (Lipinski definition) is 2. The molecule has 0 amide bonds. The van der Waals surface area contributed by atoms with Crippen molar-refractivity contribution in [2.24, 2.45) is 5.73 Å². The molecular formula is C21H32N4O3S. The number of benzene rings is 1. The lowest BCUT2D eigenvalue weighted by molar-refractivity contribution is 0.297. The molecule has 1 fully saturated rings. The Morgan fingerprint density at radius 3 is 2.83 bits per heavy atom. The Kier molecular flexibility index (Phi) is 7.83. The van der Waals surface area contributed by atoms with Crippen LogP contribution in [0.5, 0.6) is 5.88 Å². The summed E-state index contributed by atoms with van der Waals surface area (Å²) in [6.45, 7) is 5.70. The number of nitrogens with zero attached hydrogens (tertiary/aromatic N) is 2. The fraction of sp³-hybridized carbons (Fsp3) is 0.571. The standard InChI is InChI=1S/C21H32N4O3S/c1-17-16-24-21(28-15-5-3-2-4-10-22)18-8-6-9-19(20(17)18)29(26,27)25-13-7-11-23-12-14-25/h6,8-9,16,23H,2-5,7,10-15,22H2,1H3. The number of sulfonamides is 1. The van der Waals surface area contributed by atoms with Crippen molar-refractivity contribution in [1.29, 1.82) is 0 Å². The number of aromatic nitrogens is 1. The zero-order valence-electron chi connectivity index (χ0n) is 17.2. The largest absolute Gasteiger partial charge is 0.477 e. The van der Waals surface area contributed by atoms with Crippen molar-refractivity contribution in [3.05, 3.63) is 30.0 Å². The van der Waals surface area contributed by atoms with Gasteiger partial charge in [0.05, 0.1) is 11.5 Å². The maximum Gasteiger partial charge on any atom is 0.243 e. The van der Waals surface area contributed by atoms with Gasteiger partial charge in [-0.1, -0.05) is 18.9 Å². The minimum absolute atomic E-state index is 0.338. The summed E-state index contributed by atoms with van der Waals surface area (Å²) in [4.78, 5) is 4.77. The molecule has 3 N–H and O–H groups in total. The van der Waals surface area contributed by atoms with E-state index in [1.165, 1.54) is 0 Å². The van der Waals surface area contributed by atoms with Crippen molar-refractivity contribution in [3.8, 4) is 5.88 Å². The van der Waals surface area contributed by atoms with Crippen LogP contribution in [0.15, 0.2) is 29.3 Å². The molecule has 0 saturated carbocycles. The van der Waals surface area contributed by atoms with Gasteiger partial charge in [-0.15, -0.1) is 0 Å². The Hall–Kier alpha value is -1.74. The number of aryl methyl sites for hydroxylation is 1. The maximum atomic E-state index is 13.4. The first-order valence-corrected chi connectivity index (χ1v) is 11.9. The summed E-state index contributed by atoms with van der Waals surface area (Å²) in [6.07, 6.45) is 6.62. The Morgan fingerprint density at radius 1 is 1.17 bits per heavy atom. The van der Waals surface area contributed by atoms with Crippen LogP contribution in [0.1, 0.15) is 37.7 Å². The molecule has 29 heavy (non-hydrogen) atoms. The molecule has 160 valence electrons. The summed E-state index contributed by atoms with van der Waals surface area (Å²) in [7, 11) is -3.59. The molecule has 1 aliphatic heterocycles. The van der Waals surface area contributed by atoms with Gasteiger partial charge in [0.2, 0.25) is 15.9 Å². The third-order valence-electron chi connectivity index (χ3n) is 5.28. The first kappa shape index (κ1) is 22.0. The summed E-state index contributed by atoms with van der Waals surface area (Å²) in [5.41, 5.74) is 6.36. The molecule has 3 rings (SSSR count). The second-order valence-corrected chi connectivity index (χ2v) is 9.39. The highest BCUT2D eigenvalue weighted by atomic mass is 32.2. The van der Waals surface area contributed by atoms with Crippen LogP contribution in [0, 0.1) is 6.92 Å². The van der Waals surface area contributed by atoms with Gasteiger partial charge in [-0.2, -0.15) is 4.31 Å². The van der Waals surface area contributed by atoms with Crippen molar-refractivity contribution >= 4 is 20.8 Å². The van der Waals surface area contributed by atoms with Crippen molar-refractivity contribution in [2.45, 2.75) is 43.9 Å². The van der Waals surface area contributed by atoms with Gasteiger partial charge < -0.3 is 15.8 Å². The van der Waals surface area contributed by atoms with Gasteiger partial charge in [0, 0.05) is 36.6 Å². The molecule has 0 spiro atoms. The third-order valence-corrected chi connectivity index (χ3v) is 7.22. The van der Waals surface area contributed by atoms with E-state index >= 15 is 0 Å². The topological polar surface area (TPSA) is 97.5 Å². The molecule has 1 aliphatic rings. The molecule has 0 unspecified atom stereocenters. The van der Waals surface area contributed by atoms with Crippen LogP contribution in [-0.4, -0.2) is 57.0 Å². The van der Waals surface area contributed by atoms with Gasteiger partial charge >= 0.3 is 0 Å². The van der Waals surface area contributed by atoms with Crippen LogP contribution in [0.3, 0.4) is 0 Å². The van der Waals surface area contributed by atoms with Crippen LogP contribution < -0.4 is 15.8 Å². The van der Waals surface area contributed by atoms with E-state index < -0.39 is 10.0 Å². The van der Waals surface area contributed by atoms with Gasteiger partial charge in [0.25, 0.3) is 0 Å². The normalized spacial score (nSPS) is 16.1. The molecule has 8 heteroatoms. The van der Waals surface area contributed by atoms with E-state index in [1.807, 2.05) is 13.0 Å². The molecule has 1 aromatic heterocycles. The number of hydrogen-bond acceptors (Lipinski definition) is 6. The predicted molar refractivity (Wildman–Crippen MR) is 116 cm³/mol. The number of nitrogens with one attached hydrogen (secondary N) is 1. The van der Waals surface area contributed by atoms with Crippen LogP contribution in [-0.2, 0) is 10.0 Å². The highest BCUT2D eigenvalue weighted by Crippen LogP contribution is 2.33. The first-order valence-electron chi connectivity index (χ1n) is 10.5. The molecule has 0 aliphatic carbocycles. The molecular weight excluding hydrogens is 388 g/mol. The minimum Gasteiger partial charge on any atom is -0.477 e. The van der Waals surface area contributed by atoms with Crippen molar-refractivity contribution < 1.29 is 13.2 Å². The van der Waals surface area contributed by atoms with Gasteiger partial charge in [-0.25, -0.2) is 13.4 Å². The van der Waals surface area contributed by atoms with E-state index in [0.29, 0.717) is 42.4 Å². The fourth-order valence-electron chi connectivity index (χ4n) is 3.70. The lowest BCUT2D eigenvalue weighted by atomic mass is 10.1. The van der Waals surface area contributed by atoms with Crippen molar-refractivity contribution in [3.63, 3.8) is 0 Å². The number of nitrogens with two attached hydrogens (primary N) is 1. The first-order chi connectivity index (χ1) is 14.1. The smallest absolute Gasteiger partial charge is 0.243 e. The Balaban J connectivity index is 1.87. The number of ether oxygens (including phenoxy) is 1. The lowest BCUT2D eigenvalue weighted by Gasteiger charge is -2.21. The summed E-state index contributed by atoms with van der Waals surface area (Å²) < 4.78 is 34.3. The van der Waals surface area contributed by atoms with E-state index in [2.05, 4.69) is 10.3 Å². The molecule has 2 aromatic rings. The summed E-state index contributed by atoms with van der Waals surface area (Å²) >= 11 is 0. The van der Waals surface area contributed by atoms with Crippen LogP contribution in [0.2, 0.25) is 0 Å². The van der Waals surface area contributed by atoms with Gasteiger partial charge in [-0.05, 0) is 57.0 Å². The predicted octanol–water partition coefficient (Wildman–Crippen LogP) is 2.43. The van der Waals surface area contributed by atoms with E-state index in [-0.39, 0.29) is 0 Å². The summed E-state index contributed by atoms with van der Waals surface area (Å²) in [5.74, 6) is 0.499. The lowest BCUT2D eigenvalue weighted by Crippen LogP contribution is -2.34. The SMILES string of the molecule is Cc1cnc(OCCCCCCN)c2cccc(S(=O)(=O)N3CCCNCC3)c12. The van der Waals surface area contributed by atoms with Crippen molar-refractivity contribution in [1.82, 2.24) is 14.6 Å². The second kappa shape index (κ2) is 10.3. The minimum atomic E-state index is -3.59. The van der Waals surface area contributed by atoms with Crippen LogP contribution in [0.25, 0.3) is 10.8 Å². The molecule has 0 atom stereocenters. The fourth-order valence-corrected chi connectivity index (χ4v) is 5.46. The summed E-state index contributed by atoms with van der Waals surface area (Å²) in [5, 5.41) is 4.71. The van der Waals surface area contributed by atoms with Gasteiger partial charge in [-0.3, -0.25) is 0 Å². The molecule has 1 aromatic carbocycles. The van der Waals surface area contributed by atoms with E-state index in [4.69, 9.17) is 10.5 Å². The molecule has 7 nitrogen and oxygen atoms in total. The monoisotopic (exact) mass is 420 g/mol. The molecule has 0 radical (unpaired) electrons. The van der Waals surface area contributed by atoms with Crippen LogP contribution >= 0.6 is 0 Å². The third kappa shape index (κ3) is 5.25. The average Bonchev–Trinajstić information content (AvgIpc) is 3.02. The molecule has 2 heterocycles. The zero-order chi connectivity index (χ0) is 20.7. The van der Waals surface area contributed by atoms with Crippen LogP contribution in [0.4, 0.5) is 0 Å². The second-order valence-electron chi connectivity index (χ2n) is 7.48. The Labute approximate surface area is 173 Å². The zero-order valence-corrected chi connectivity index (χ0v) is 18.0.